The van der Waals surface area contributed by atoms with Crippen molar-refractivity contribution in [1.29, 1.82) is 94.7 Å². The van der Waals surface area contributed by atoms with E-state index in [0.717, 1.165) is 0 Å². The van der Waals surface area contributed by atoms with E-state index in [1.807, 2.05) is 0 Å². The summed E-state index contributed by atoms with van der Waals surface area (Å²) in [5.41, 5.74) is 0. The standard InChI is InChI=1S/18CN.5Ru/c18*1-2;;;;;/q18*-1;2*+3;3*+4. The summed E-state index contributed by atoms with van der Waals surface area (Å²) in [6, 6.07) is 0. The zero-order valence-electron chi connectivity index (χ0n) is 18.8. The molecule has 18 nitrogen and oxygen atoms in total. The zero-order valence-corrected chi connectivity index (χ0v) is 27.5. The molecule has 0 bridgehead atoms. The Morgan fingerprint density at radius 3 is 0.122 bits per heavy atom. The maximum Gasteiger partial charge on any atom is 4.00 e. The van der Waals surface area contributed by atoms with Crippen molar-refractivity contribution in [1.82, 2.24) is 0 Å². The molecule has 0 aliphatic heterocycles. The van der Waals surface area contributed by atoms with Crippen molar-refractivity contribution >= 4 is 0 Å². The third-order valence-corrected chi connectivity index (χ3v) is 0. The molecule has 0 saturated carbocycles. The molecule has 0 N–H and O–H groups in total. The second-order valence-corrected chi connectivity index (χ2v) is 0. The van der Waals surface area contributed by atoms with E-state index in [1.54, 1.807) is 0 Å². The van der Waals surface area contributed by atoms with Gasteiger partial charge in [0.05, 0.1) is 0 Å². The van der Waals surface area contributed by atoms with E-state index in [-0.39, 0.29) is 97.4 Å². The van der Waals surface area contributed by atoms with Crippen LogP contribution in [0.1, 0.15) is 0 Å². The van der Waals surface area contributed by atoms with Gasteiger partial charge in [0.15, 0.2) is 0 Å². The van der Waals surface area contributed by atoms with Gasteiger partial charge < -0.3 is 213 Å². The third-order valence-electron chi connectivity index (χ3n) is 0. The Labute approximate surface area is 308 Å². The molecule has 0 aliphatic carbocycles. The summed E-state index contributed by atoms with van der Waals surface area (Å²) in [5.74, 6) is 0. The normalized spacial score (nSPS) is 0.878. The third kappa shape index (κ3) is 942. The minimum Gasteiger partial charge on any atom is -0.512 e. The van der Waals surface area contributed by atoms with Crippen LogP contribution in [0.3, 0.4) is 0 Å². The zero-order chi connectivity index (χ0) is 36.0. The second-order valence-electron chi connectivity index (χ2n) is 0. The average molecular weight is 974 g/mol. The fourth-order valence-electron chi connectivity index (χ4n) is 0. The van der Waals surface area contributed by atoms with Gasteiger partial charge >= 0.3 is 97.4 Å². The van der Waals surface area contributed by atoms with Gasteiger partial charge in [0.25, 0.3) is 0 Å². The van der Waals surface area contributed by atoms with Crippen molar-refractivity contribution in [2.75, 3.05) is 0 Å². The van der Waals surface area contributed by atoms with Crippen molar-refractivity contribution in [2.24, 2.45) is 0 Å². The molecule has 2 radical (unpaired) electrons. The Hall–Kier alpha value is -6.06. The summed E-state index contributed by atoms with van der Waals surface area (Å²) in [6.45, 7) is 85.5. The summed E-state index contributed by atoms with van der Waals surface area (Å²) < 4.78 is 0. The fraction of sp³-hybridized carbons (Fsp3) is 0. The van der Waals surface area contributed by atoms with Crippen LogP contribution in [0.5, 0.6) is 0 Å². The number of hydrogen-bond acceptors (Lipinski definition) is 18. The smallest absolute Gasteiger partial charge is 0.512 e. The van der Waals surface area contributed by atoms with Gasteiger partial charge in [-0.05, 0) is 0 Å². The average Bonchev–Trinajstić information content (AvgIpc) is 3.13. The molecule has 0 aliphatic rings. The molecule has 0 fully saturated rings. The Kier molecular flexibility index (Phi) is 6900. The number of hydrogen-bond donors (Lipinski definition) is 0. The van der Waals surface area contributed by atoms with E-state index in [2.05, 4.69) is 0 Å². The monoisotopic (exact) mass is 978 g/mol. The van der Waals surface area contributed by atoms with Crippen LogP contribution in [0.15, 0.2) is 0 Å². The van der Waals surface area contributed by atoms with Gasteiger partial charge in [-0.2, -0.15) is 0 Å². The molecular weight excluding hydrogens is 974 g/mol. The van der Waals surface area contributed by atoms with Gasteiger partial charge in [-0.25, -0.2) is 0 Å². The SMILES string of the molecule is [C-]#N.[C-]#N.[C-]#N.[C-]#N.[C-]#N.[C-]#N.[C-]#N.[C-]#N.[C-]#N.[C-]#N.[C-]#N.[C-]#N.[C-]#N.[C-]#N.[C-]#N.[C-]#N.[C-]#N.[C-]#N.[Ru+3].[Ru+3].[Ru+4].[Ru+4].[Ru+4]. The molecule has 0 saturated heterocycles. The topological polar surface area (TPSA) is 428 Å². The molecule has 0 spiro atoms. The van der Waals surface area contributed by atoms with E-state index in [4.69, 9.17) is 213 Å². The van der Waals surface area contributed by atoms with Crippen LogP contribution in [0.2, 0.25) is 0 Å². The van der Waals surface area contributed by atoms with E-state index in [0.29, 0.717) is 0 Å². The number of rotatable bonds is 0. The summed E-state index contributed by atoms with van der Waals surface area (Å²) in [5, 5.41) is 112. The van der Waals surface area contributed by atoms with Gasteiger partial charge in [0, 0.05) is 0 Å². The van der Waals surface area contributed by atoms with Crippen molar-refractivity contribution in [2.45, 2.75) is 0 Å². The molecule has 0 heterocycles. The molecule has 0 aromatic rings. The molecule has 23 heteroatoms. The Morgan fingerprint density at radius 1 is 0.122 bits per heavy atom. The number of nitrogens with zero attached hydrogens (tertiary/aromatic N) is 18. The van der Waals surface area contributed by atoms with Crippen molar-refractivity contribution in [3.63, 3.8) is 0 Å². The van der Waals surface area contributed by atoms with E-state index >= 15 is 0 Å². The van der Waals surface area contributed by atoms with Crippen LogP contribution in [0.25, 0.3) is 0 Å². The first-order valence-electron chi connectivity index (χ1n) is 4.02. The quantitative estimate of drug-likeness (QED) is 0.246. The van der Waals surface area contributed by atoms with Crippen molar-refractivity contribution in [3.8, 4) is 0 Å². The predicted octanol–water partition coefficient (Wildman–Crippen LogP) is 1.72. The Balaban J connectivity index is -0.00000000396. The molecule has 0 unspecified atom stereocenters. The fourth-order valence-corrected chi connectivity index (χ4v) is 0. The molecule has 202 valence electrons. The van der Waals surface area contributed by atoms with Crippen LogP contribution in [0.4, 0.5) is 0 Å². The van der Waals surface area contributed by atoms with Gasteiger partial charge in [0.1, 0.15) is 0 Å². The largest absolute Gasteiger partial charge is 4.00 e. The van der Waals surface area contributed by atoms with Crippen LogP contribution in [0, 0.1) is 213 Å². The summed E-state index contributed by atoms with van der Waals surface area (Å²) >= 11 is 0. The van der Waals surface area contributed by atoms with Gasteiger partial charge in [-0.15, -0.1) is 0 Å². The molecule has 0 aromatic heterocycles. The van der Waals surface area contributed by atoms with Crippen LogP contribution in [-0.2, 0) is 97.4 Å². The van der Waals surface area contributed by atoms with Crippen molar-refractivity contribution in [3.05, 3.63) is 118 Å². The van der Waals surface area contributed by atoms with Crippen LogP contribution in [-0.4, -0.2) is 0 Å². The first kappa shape index (κ1) is 282. The predicted molar refractivity (Wildman–Crippen MR) is 89.4 cm³/mol. The molecule has 0 aromatic carbocycles. The summed E-state index contributed by atoms with van der Waals surface area (Å²) in [7, 11) is 0. The Morgan fingerprint density at radius 2 is 0.122 bits per heavy atom. The first-order valence-corrected chi connectivity index (χ1v) is 4.02. The van der Waals surface area contributed by atoms with Crippen molar-refractivity contribution < 1.29 is 97.4 Å². The molecule has 41 heavy (non-hydrogen) atoms. The van der Waals surface area contributed by atoms with E-state index in [9.17, 15) is 0 Å². The van der Waals surface area contributed by atoms with E-state index < -0.39 is 0 Å². The van der Waals surface area contributed by atoms with Gasteiger partial charge in [-0.1, -0.05) is 0 Å². The van der Waals surface area contributed by atoms with E-state index in [1.165, 1.54) is 0 Å². The maximum atomic E-state index is 6.25. The minimum atomic E-state index is 0. The summed E-state index contributed by atoms with van der Waals surface area (Å²) in [6.07, 6.45) is 0. The minimum absolute atomic E-state index is 0. The first-order chi connectivity index (χ1) is 18.0. The van der Waals surface area contributed by atoms with Crippen LogP contribution >= 0.6 is 0 Å². The Bertz CT molecular complexity index is 369. The maximum absolute atomic E-state index is 6.25. The second kappa shape index (κ2) is 1000. The van der Waals surface area contributed by atoms with Gasteiger partial charge in [-0.3, -0.25) is 0 Å². The molecule has 0 rings (SSSR count). The van der Waals surface area contributed by atoms with Gasteiger partial charge in [0.2, 0.25) is 0 Å². The molecule has 0 amide bonds. The summed E-state index contributed by atoms with van der Waals surface area (Å²) in [4.78, 5) is 0. The van der Waals surface area contributed by atoms with Crippen LogP contribution < -0.4 is 0 Å². The molecular formula is C18N18Ru5. The molecule has 0 atom stereocenters.